The summed E-state index contributed by atoms with van der Waals surface area (Å²) in [4.78, 5) is 38.0. The van der Waals surface area contributed by atoms with Gasteiger partial charge in [0, 0.05) is 19.3 Å². The molecule has 6 nitrogen and oxygen atoms in total. The van der Waals surface area contributed by atoms with Crippen LogP contribution in [0.5, 0.6) is 0 Å². The zero-order chi connectivity index (χ0) is 51.4. The average Bonchev–Trinajstić information content (AvgIpc) is 3.37. The smallest absolute Gasteiger partial charge is 0.306 e. The lowest BCUT2D eigenvalue weighted by atomic mass is 10.0. The van der Waals surface area contributed by atoms with Gasteiger partial charge in [0.15, 0.2) is 6.10 Å². The highest BCUT2D eigenvalue weighted by molar-refractivity contribution is 5.71. The maximum absolute atomic E-state index is 12.8. The lowest BCUT2D eigenvalue weighted by molar-refractivity contribution is -0.167. The predicted octanol–water partition coefficient (Wildman–Crippen LogP) is 20.8. The molecule has 0 aliphatic carbocycles. The number of esters is 3. The molecule has 0 spiro atoms. The van der Waals surface area contributed by atoms with Gasteiger partial charge in [0.2, 0.25) is 0 Å². The summed E-state index contributed by atoms with van der Waals surface area (Å²) in [5, 5.41) is 0. The van der Waals surface area contributed by atoms with Crippen LogP contribution in [-0.2, 0) is 28.6 Å². The number of rotatable bonds is 56. The summed E-state index contributed by atoms with van der Waals surface area (Å²) in [7, 11) is 0. The minimum absolute atomic E-state index is 0.0933. The number of unbranched alkanes of at least 4 members (excludes halogenated alkanes) is 35. The van der Waals surface area contributed by atoms with Crippen molar-refractivity contribution in [2.45, 2.75) is 322 Å². The summed E-state index contributed by atoms with van der Waals surface area (Å²) >= 11 is 0. The summed E-state index contributed by atoms with van der Waals surface area (Å²) in [6.45, 7) is 6.48. The number of hydrogen-bond donors (Lipinski definition) is 0. The Hall–Kier alpha value is -2.89. The lowest BCUT2D eigenvalue weighted by Crippen LogP contribution is -2.30. The predicted molar refractivity (Wildman–Crippen MR) is 307 cm³/mol. The Bertz CT molecular complexity index is 1280. The van der Waals surface area contributed by atoms with Crippen molar-refractivity contribution in [3.8, 4) is 0 Å². The van der Waals surface area contributed by atoms with Gasteiger partial charge in [-0.05, 0) is 57.8 Å². The van der Waals surface area contributed by atoms with Gasteiger partial charge < -0.3 is 14.2 Å². The fourth-order valence-corrected chi connectivity index (χ4v) is 8.95. The Morgan fingerprint density at radius 1 is 0.296 bits per heavy atom. The molecule has 6 heteroatoms. The van der Waals surface area contributed by atoms with Gasteiger partial charge in [0.25, 0.3) is 0 Å². The van der Waals surface area contributed by atoms with Crippen molar-refractivity contribution in [1.82, 2.24) is 0 Å². The van der Waals surface area contributed by atoms with Gasteiger partial charge in [-0.3, -0.25) is 14.4 Å². The fourth-order valence-electron chi connectivity index (χ4n) is 8.95. The molecule has 412 valence electrons. The van der Waals surface area contributed by atoms with E-state index in [2.05, 4.69) is 81.5 Å². The standard InChI is InChI=1S/C65H116O6/c1-4-7-10-13-16-19-21-23-25-27-28-29-30-31-32-33-34-35-36-37-39-40-42-44-46-49-52-55-58-64(67)70-61-62(60-69-63(66)57-54-51-48-18-15-12-9-6-3)71-65(68)59-56-53-50-47-45-43-41-38-26-24-22-20-17-14-11-8-5-2/h8,11,17,20,24,26,41,43,47,50,62H,4-7,9-10,12-16,18-19,21-23,25,27-40,42,44-46,48-49,51-61H2,1-3H3/b11-8-,20-17-,26-24-,43-41-,50-47-. The first-order valence-electron chi connectivity index (χ1n) is 30.8. The van der Waals surface area contributed by atoms with Gasteiger partial charge in [-0.1, -0.05) is 300 Å². The molecule has 0 aliphatic rings. The fraction of sp³-hybridized carbons (Fsp3) is 0.800. The summed E-state index contributed by atoms with van der Waals surface area (Å²) < 4.78 is 16.8. The largest absolute Gasteiger partial charge is 0.462 e. The van der Waals surface area contributed by atoms with Gasteiger partial charge >= 0.3 is 17.9 Å². The Morgan fingerprint density at radius 2 is 0.549 bits per heavy atom. The van der Waals surface area contributed by atoms with E-state index in [1.807, 2.05) is 0 Å². The zero-order valence-electron chi connectivity index (χ0n) is 47.2. The Morgan fingerprint density at radius 3 is 0.845 bits per heavy atom. The monoisotopic (exact) mass is 993 g/mol. The van der Waals surface area contributed by atoms with Crippen molar-refractivity contribution in [3.05, 3.63) is 60.8 Å². The topological polar surface area (TPSA) is 78.9 Å². The van der Waals surface area contributed by atoms with Gasteiger partial charge in [-0.15, -0.1) is 0 Å². The molecule has 0 saturated carbocycles. The molecule has 0 fully saturated rings. The molecule has 0 aromatic rings. The van der Waals surface area contributed by atoms with Crippen LogP contribution in [0.25, 0.3) is 0 Å². The highest BCUT2D eigenvalue weighted by Gasteiger charge is 2.19. The minimum Gasteiger partial charge on any atom is -0.462 e. The summed E-state index contributed by atoms with van der Waals surface area (Å²) in [5.74, 6) is -0.944. The summed E-state index contributed by atoms with van der Waals surface area (Å²) in [6.07, 6.45) is 75.5. The Labute approximate surface area is 440 Å². The third kappa shape index (κ3) is 57.9. The third-order valence-electron chi connectivity index (χ3n) is 13.5. The SMILES string of the molecule is CC/C=C\C/C=C\C/C=C\C/C=C\C/C=C\CCCC(=O)OC(COC(=O)CCCCCCCCCC)COC(=O)CCCCCCCCCCCCCCCCCCCCCCCCCCCCCC. The minimum atomic E-state index is -0.800. The summed E-state index contributed by atoms with van der Waals surface area (Å²) in [5.41, 5.74) is 0. The average molecular weight is 994 g/mol. The van der Waals surface area contributed by atoms with Crippen molar-refractivity contribution < 1.29 is 28.6 Å². The van der Waals surface area contributed by atoms with Crippen molar-refractivity contribution in [2.24, 2.45) is 0 Å². The number of allylic oxidation sites excluding steroid dienone is 10. The van der Waals surface area contributed by atoms with Crippen molar-refractivity contribution in [3.63, 3.8) is 0 Å². The first-order valence-corrected chi connectivity index (χ1v) is 30.8. The van der Waals surface area contributed by atoms with Crippen LogP contribution in [0.1, 0.15) is 316 Å². The Balaban J connectivity index is 4.14. The molecule has 0 heterocycles. The van der Waals surface area contributed by atoms with Crippen LogP contribution in [0.4, 0.5) is 0 Å². The second-order valence-electron chi connectivity index (χ2n) is 20.6. The van der Waals surface area contributed by atoms with E-state index in [1.165, 1.54) is 193 Å². The molecular formula is C65H116O6. The lowest BCUT2D eigenvalue weighted by Gasteiger charge is -2.18. The van der Waals surface area contributed by atoms with E-state index in [0.29, 0.717) is 19.3 Å². The molecule has 0 aromatic carbocycles. The molecule has 0 saturated heterocycles. The van der Waals surface area contributed by atoms with Gasteiger partial charge in [-0.25, -0.2) is 0 Å². The normalized spacial score (nSPS) is 12.4. The zero-order valence-corrected chi connectivity index (χ0v) is 47.2. The van der Waals surface area contributed by atoms with Gasteiger partial charge in [-0.2, -0.15) is 0 Å². The third-order valence-corrected chi connectivity index (χ3v) is 13.5. The van der Waals surface area contributed by atoms with E-state index in [1.54, 1.807) is 0 Å². The van der Waals surface area contributed by atoms with E-state index in [-0.39, 0.29) is 37.5 Å². The second-order valence-corrected chi connectivity index (χ2v) is 20.6. The summed E-state index contributed by atoms with van der Waals surface area (Å²) in [6, 6.07) is 0. The van der Waals surface area contributed by atoms with Crippen molar-refractivity contribution in [1.29, 1.82) is 0 Å². The quantitative estimate of drug-likeness (QED) is 0.0261. The molecule has 0 rings (SSSR count). The van der Waals surface area contributed by atoms with Crippen molar-refractivity contribution in [2.75, 3.05) is 13.2 Å². The van der Waals surface area contributed by atoms with E-state index < -0.39 is 6.10 Å². The number of ether oxygens (including phenoxy) is 3. The van der Waals surface area contributed by atoms with Crippen LogP contribution in [0.15, 0.2) is 60.8 Å². The maximum atomic E-state index is 12.8. The molecule has 1 atom stereocenters. The molecule has 71 heavy (non-hydrogen) atoms. The highest BCUT2D eigenvalue weighted by atomic mass is 16.6. The van der Waals surface area contributed by atoms with Crippen LogP contribution < -0.4 is 0 Å². The molecule has 0 amide bonds. The first-order chi connectivity index (χ1) is 35.0. The van der Waals surface area contributed by atoms with E-state index in [4.69, 9.17) is 14.2 Å². The van der Waals surface area contributed by atoms with Crippen LogP contribution in [-0.4, -0.2) is 37.2 Å². The molecule has 0 radical (unpaired) electrons. The van der Waals surface area contributed by atoms with Crippen LogP contribution in [0.2, 0.25) is 0 Å². The van der Waals surface area contributed by atoms with E-state index >= 15 is 0 Å². The first kappa shape index (κ1) is 68.1. The molecule has 0 aromatic heterocycles. The second kappa shape index (κ2) is 59.7. The van der Waals surface area contributed by atoms with E-state index in [0.717, 1.165) is 77.0 Å². The number of carbonyl (C=O) groups excluding carboxylic acids is 3. The van der Waals surface area contributed by atoms with Crippen LogP contribution in [0, 0.1) is 0 Å². The van der Waals surface area contributed by atoms with Crippen LogP contribution >= 0.6 is 0 Å². The number of carbonyl (C=O) groups is 3. The van der Waals surface area contributed by atoms with Gasteiger partial charge in [0.1, 0.15) is 13.2 Å². The van der Waals surface area contributed by atoms with Crippen molar-refractivity contribution >= 4 is 17.9 Å². The van der Waals surface area contributed by atoms with E-state index in [9.17, 15) is 14.4 Å². The molecule has 1 unspecified atom stereocenters. The van der Waals surface area contributed by atoms with Gasteiger partial charge in [0.05, 0.1) is 0 Å². The molecule has 0 N–H and O–H groups in total. The Kier molecular flexibility index (Phi) is 57.2. The van der Waals surface area contributed by atoms with Crippen LogP contribution in [0.3, 0.4) is 0 Å². The molecular weight excluding hydrogens is 877 g/mol. The maximum Gasteiger partial charge on any atom is 0.306 e. The molecule has 0 aliphatic heterocycles. The number of hydrogen-bond acceptors (Lipinski definition) is 6. The molecule has 0 bridgehead atoms. The highest BCUT2D eigenvalue weighted by Crippen LogP contribution is 2.17.